The largest absolute Gasteiger partial charge is 0.383 e. The van der Waals surface area contributed by atoms with Gasteiger partial charge >= 0.3 is 0 Å². The van der Waals surface area contributed by atoms with Gasteiger partial charge in [0.25, 0.3) is 0 Å². The van der Waals surface area contributed by atoms with E-state index >= 15 is 0 Å². The van der Waals surface area contributed by atoms with Crippen LogP contribution in [0.2, 0.25) is 5.02 Å². The van der Waals surface area contributed by atoms with Gasteiger partial charge in [0.05, 0.1) is 13.2 Å². The molecule has 0 saturated carbocycles. The lowest BCUT2D eigenvalue weighted by Gasteiger charge is -2.36. The third-order valence-corrected chi connectivity index (χ3v) is 3.80. The minimum absolute atomic E-state index is 0.150. The molecule has 0 aromatic heterocycles. The lowest BCUT2D eigenvalue weighted by Crippen LogP contribution is -2.51. The van der Waals surface area contributed by atoms with E-state index in [1.54, 1.807) is 7.11 Å². The SMILES string of the molecule is COCCNCC(=O)N1CCN(c2cccc(Cl)c2)CC1. The van der Waals surface area contributed by atoms with Crippen molar-refractivity contribution < 1.29 is 9.53 Å². The Kier molecular flexibility index (Phi) is 6.29. The Hall–Kier alpha value is -1.30. The molecule has 1 saturated heterocycles. The molecule has 21 heavy (non-hydrogen) atoms. The van der Waals surface area contributed by atoms with Crippen molar-refractivity contribution >= 4 is 23.2 Å². The van der Waals surface area contributed by atoms with Crippen LogP contribution in [-0.4, -0.2) is 63.8 Å². The minimum atomic E-state index is 0.150. The third-order valence-electron chi connectivity index (χ3n) is 3.56. The molecule has 1 heterocycles. The lowest BCUT2D eigenvalue weighted by molar-refractivity contribution is -0.130. The van der Waals surface area contributed by atoms with E-state index < -0.39 is 0 Å². The van der Waals surface area contributed by atoms with Crippen LogP contribution in [0.3, 0.4) is 0 Å². The number of piperazine rings is 1. The number of halogens is 1. The fourth-order valence-electron chi connectivity index (χ4n) is 2.37. The molecule has 1 fully saturated rings. The molecule has 1 aromatic rings. The van der Waals surface area contributed by atoms with Crippen LogP contribution >= 0.6 is 11.6 Å². The van der Waals surface area contributed by atoms with Crippen molar-refractivity contribution in [2.45, 2.75) is 0 Å². The van der Waals surface area contributed by atoms with Crippen LogP contribution in [-0.2, 0) is 9.53 Å². The number of benzene rings is 1. The maximum atomic E-state index is 12.0. The molecular formula is C15H22ClN3O2. The number of rotatable bonds is 6. The number of hydrogen-bond donors (Lipinski definition) is 1. The monoisotopic (exact) mass is 311 g/mol. The van der Waals surface area contributed by atoms with Crippen LogP contribution in [0.25, 0.3) is 0 Å². The van der Waals surface area contributed by atoms with Gasteiger partial charge in [-0.05, 0) is 18.2 Å². The van der Waals surface area contributed by atoms with Gasteiger partial charge < -0.3 is 19.9 Å². The first-order chi connectivity index (χ1) is 10.2. The van der Waals surface area contributed by atoms with Gasteiger partial charge in [0, 0.05) is 50.5 Å². The zero-order valence-corrected chi connectivity index (χ0v) is 13.1. The van der Waals surface area contributed by atoms with Gasteiger partial charge in [-0.25, -0.2) is 0 Å². The van der Waals surface area contributed by atoms with E-state index in [4.69, 9.17) is 16.3 Å². The van der Waals surface area contributed by atoms with E-state index in [2.05, 4.69) is 16.3 Å². The van der Waals surface area contributed by atoms with Gasteiger partial charge in [0.15, 0.2) is 0 Å². The fourth-order valence-corrected chi connectivity index (χ4v) is 2.55. The summed E-state index contributed by atoms with van der Waals surface area (Å²) in [5.74, 6) is 0.150. The first-order valence-corrected chi connectivity index (χ1v) is 7.56. The molecule has 0 aliphatic carbocycles. The summed E-state index contributed by atoms with van der Waals surface area (Å²) in [5.41, 5.74) is 1.12. The van der Waals surface area contributed by atoms with Crippen LogP contribution in [0, 0.1) is 0 Å². The predicted molar refractivity (Wildman–Crippen MR) is 85.0 cm³/mol. The standard InChI is InChI=1S/C15H22ClN3O2/c1-21-10-5-17-12-15(20)19-8-6-18(7-9-19)14-4-2-3-13(16)11-14/h2-4,11,17H,5-10,12H2,1H3. The number of carbonyl (C=O) groups excluding carboxylic acids is 1. The summed E-state index contributed by atoms with van der Waals surface area (Å²) in [6.07, 6.45) is 0. The zero-order valence-electron chi connectivity index (χ0n) is 12.3. The Bertz CT molecular complexity index is 462. The molecular weight excluding hydrogens is 290 g/mol. The zero-order chi connectivity index (χ0) is 15.1. The summed E-state index contributed by atoms with van der Waals surface area (Å²) < 4.78 is 4.94. The van der Waals surface area contributed by atoms with Crippen molar-refractivity contribution in [1.29, 1.82) is 0 Å². The Morgan fingerprint density at radius 2 is 2.10 bits per heavy atom. The molecule has 1 amide bonds. The second-order valence-corrected chi connectivity index (χ2v) is 5.45. The van der Waals surface area contributed by atoms with Gasteiger partial charge in [-0.1, -0.05) is 17.7 Å². The molecule has 0 spiro atoms. The summed E-state index contributed by atoms with van der Waals surface area (Å²) in [5, 5.41) is 3.83. The Balaban J connectivity index is 1.76. The van der Waals surface area contributed by atoms with Crippen molar-refractivity contribution in [2.24, 2.45) is 0 Å². The third kappa shape index (κ3) is 4.88. The fraction of sp³-hybridized carbons (Fsp3) is 0.533. The molecule has 0 atom stereocenters. The number of ether oxygens (including phenoxy) is 1. The van der Waals surface area contributed by atoms with E-state index in [9.17, 15) is 4.79 Å². The van der Waals surface area contributed by atoms with E-state index in [0.29, 0.717) is 19.7 Å². The van der Waals surface area contributed by atoms with Crippen LogP contribution < -0.4 is 10.2 Å². The molecule has 2 rings (SSSR count). The molecule has 0 unspecified atom stereocenters. The number of anilines is 1. The van der Waals surface area contributed by atoms with Gasteiger partial charge in [-0.3, -0.25) is 4.79 Å². The second-order valence-electron chi connectivity index (χ2n) is 5.02. The number of carbonyl (C=O) groups is 1. The number of methoxy groups -OCH3 is 1. The highest BCUT2D eigenvalue weighted by molar-refractivity contribution is 6.30. The molecule has 116 valence electrons. The molecule has 1 aromatic carbocycles. The van der Waals surface area contributed by atoms with Crippen molar-refractivity contribution in [3.63, 3.8) is 0 Å². The highest BCUT2D eigenvalue weighted by atomic mass is 35.5. The molecule has 1 aliphatic heterocycles. The Morgan fingerprint density at radius 3 is 2.76 bits per heavy atom. The minimum Gasteiger partial charge on any atom is -0.383 e. The second kappa shape index (κ2) is 8.22. The van der Waals surface area contributed by atoms with E-state index in [-0.39, 0.29) is 5.91 Å². The predicted octanol–water partition coefficient (Wildman–Crippen LogP) is 1.22. The Morgan fingerprint density at radius 1 is 1.33 bits per heavy atom. The highest BCUT2D eigenvalue weighted by Crippen LogP contribution is 2.20. The summed E-state index contributed by atoms with van der Waals surface area (Å²) in [4.78, 5) is 16.2. The van der Waals surface area contributed by atoms with E-state index in [1.165, 1.54) is 0 Å². The maximum Gasteiger partial charge on any atom is 0.236 e. The summed E-state index contributed by atoms with van der Waals surface area (Å²) >= 11 is 6.02. The first-order valence-electron chi connectivity index (χ1n) is 7.18. The molecule has 0 radical (unpaired) electrons. The molecule has 0 bridgehead atoms. The molecule has 6 heteroatoms. The van der Waals surface area contributed by atoms with Crippen molar-refractivity contribution in [3.05, 3.63) is 29.3 Å². The van der Waals surface area contributed by atoms with Crippen LogP contribution in [0.15, 0.2) is 24.3 Å². The average molecular weight is 312 g/mol. The van der Waals surface area contributed by atoms with E-state index in [0.717, 1.165) is 36.9 Å². The molecule has 1 N–H and O–H groups in total. The van der Waals surface area contributed by atoms with Crippen LogP contribution in [0.5, 0.6) is 0 Å². The summed E-state index contributed by atoms with van der Waals surface area (Å²) in [6.45, 7) is 4.87. The van der Waals surface area contributed by atoms with Gasteiger partial charge in [0.2, 0.25) is 5.91 Å². The van der Waals surface area contributed by atoms with Gasteiger partial charge in [0.1, 0.15) is 0 Å². The lowest BCUT2D eigenvalue weighted by atomic mass is 10.2. The number of nitrogens with zero attached hydrogens (tertiary/aromatic N) is 2. The van der Waals surface area contributed by atoms with Crippen molar-refractivity contribution in [3.8, 4) is 0 Å². The van der Waals surface area contributed by atoms with E-state index in [1.807, 2.05) is 23.1 Å². The molecule has 5 nitrogen and oxygen atoms in total. The van der Waals surface area contributed by atoms with Crippen LogP contribution in [0.1, 0.15) is 0 Å². The topological polar surface area (TPSA) is 44.8 Å². The van der Waals surface area contributed by atoms with Crippen molar-refractivity contribution in [1.82, 2.24) is 10.2 Å². The normalized spacial score (nSPS) is 15.3. The first kappa shape index (κ1) is 16.1. The van der Waals surface area contributed by atoms with Gasteiger partial charge in [-0.2, -0.15) is 0 Å². The van der Waals surface area contributed by atoms with Gasteiger partial charge in [-0.15, -0.1) is 0 Å². The quantitative estimate of drug-likeness (QED) is 0.803. The average Bonchev–Trinajstić information content (AvgIpc) is 2.51. The molecule has 1 aliphatic rings. The number of amides is 1. The maximum absolute atomic E-state index is 12.0. The number of hydrogen-bond acceptors (Lipinski definition) is 4. The van der Waals surface area contributed by atoms with Crippen LogP contribution in [0.4, 0.5) is 5.69 Å². The number of nitrogens with one attached hydrogen (secondary N) is 1. The summed E-state index contributed by atoms with van der Waals surface area (Å²) in [7, 11) is 1.65. The van der Waals surface area contributed by atoms with Crippen molar-refractivity contribution in [2.75, 3.05) is 57.9 Å². The smallest absolute Gasteiger partial charge is 0.236 e. The summed E-state index contributed by atoms with van der Waals surface area (Å²) in [6, 6.07) is 7.84. The Labute approximate surface area is 130 Å². The highest BCUT2D eigenvalue weighted by Gasteiger charge is 2.20.